The largest absolute Gasteiger partial charge is 0.476 e. The van der Waals surface area contributed by atoms with Crippen molar-refractivity contribution < 1.29 is 19.1 Å². The number of nitrogens with zero attached hydrogens (tertiary/aromatic N) is 5. The molecule has 0 atom stereocenters. The highest BCUT2D eigenvalue weighted by atomic mass is 16.4. The van der Waals surface area contributed by atoms with Gasteiger partial charge in [0.2, 0.25) is 11.8 Å². The maximum absolute atomic E-state index is 11.8. The highest BCUT2D eigenvalue weighted by Crippen LogP contribution is 2.14. The molecule has 0 aliphatic carbocycles. The fourth-order valence-corrected chi connectivity index (χ4v) is 1.52. The summed E-state index contributed by atoms with van der Waals surface area (Å²) in [7, 11) is 0. The van der Waals surface area contributed by atoms with Crippen LogP contribution in [0.25, 0.3) is 0 Å². The van der Waals surface area contributed by atoms with E-state index in [1.807, 2.05) is 13.8 Å². The summed E-state index contributed by atoms with van der Waals surface area (Å²) >= 11 is 0. The number of amides is 1. The monoisotopic (exact) mass is 294 g/mol. The number of anilines is 1. The lowest BCUT2D eigenvalue weighted by Crippen LogP contribution is -2.20. The van der Waals surface area contributed by atoms with E-state index in [9.17, 15) is 9.59 Å². The Bertz CT molecular complexity index is 674. The minimum Gasteiger partial charge on any atom is -0.476 e. The predicted octanol–water partition coefficient (Wildman–Crippen LogP) is 0.430. The van der Waals surface area contributed by atoms with Gasteiger partial charge in [0.05, 0.1) is 5.69 Å². The number of hydrogen-bond acceptors (Lipinski definition) is 7. The first kappa shape index (κ1) is 14.6. The highest BCUT2D eigenvalue weighted by molar-refractivity contribution is 5.89. The molecule has 10 heteroatoms. The Morgan fingerprint density at radius 3 is 2.57 bits per heavy atom. The fourth-order valence-electron chi connectivity index (χ4n) is 1.52. The first-order valence-corrected chi connectivity index (χ1v) is 6.15. The lowest BCUT2D eigenvalue weighted by atomic mass is 10.2. The van der Waals surface area contributed by atoms with Gasteiger partial charge in [-0.05, 0) is 6.92 Å². The normalized spacial score (nSPS) is 10.9. The summed E-state index contributed by atoms with van der Waals surface area (Å²) in [6, 6.07) is -0.0140. The smallest absolute Gasteiger partial charge is 0.358 e. The summed E-state index contributed by atoms with van der Waals surface area (Å²) in [5, 5.41) is 25.8. The maximum Gasteiger partial charge on any atom is 0.358 e. The molecule has 2 aromatic heterocycles. The summed E-state index contributed by atoms with van der Waals surface area (Å²) in [6.45, 7) is 5.07. The molecule has 0 fully saturated rings. The molecule has 0 aliphatic rings. The number of carbonyl (C=O) groups is 2. The van der Waals surface area contributed by atoms with Gasteiger partial charge in [-0.3, -0.25) is 10.1 Å². The van der Waals surface area contributed by atoms with Gasteiger partial charge in [-0.25, -0.2) is 9.48 Å². The number of hydrogen-bond donors (Lipinski definition) is 2. The molecule has 10 nitrogen and oxygen atoms in total. The van der Waals surface area contributed by atoms with Gasteiger partial charge in [0.25, 0.3) is 0 Å². The maximum atomic E-state index is 11.8. The van der Waals surface area contributed by atoms with Gasteiger partial charge in [-0.2, -0.15) is 0 Å². The number of carboxylic acid groups (broad SMARTS) is 1. The van der Waals surface area contributed by atoms with E-state index in [0.717, 1.165) is 0 Å². The Labute approximate surface area is 119 Å². The van der Waals surface area contributed by atoms with E-state index in [2.05, 4.69) is 25.8 Å². The zero-order chi connectivity index (χ0) is 15.6. The molecule has 0 saturated carbocycles. The molecular formula is C11H14N6O4. The van der Waals surface area contributed by atoms with Gasteiger partial charge in [0, 0.05) is 5.92 Å². The molecule has 1 amide bonds. The number of rotatable bonds is 5. The summed E-state index contributed by atoms with van der Waals surface area (Å²) in [6.07, 6.45) is 0. The Balaban J connectivity index is 2.03. The van der Waals surface area contributed by atoms with Crippen LogP contribution in [0.4, 0.5) is 6.01 Å². The van der Waals surface area contributed by atoms with Gasteiger partial charge in [-0.1, -0.05) is 24.2 Å². The van der Waals surface area contributed by atoms with Crippen LogP contribution in [0.3, 0.4) is 0 Å². The first-order chi connectivity index (χ1) is 9.88. The lowest BCUT2D eigenvalue weighted by molar-refractivity contribution is -0.117. The Morgan fingerprint density at radius 2 is 2.05 bits per heavy atom. The standard InChI is InChI=1S/C11H14N6O4/c1-5(2)9-14-15-11(21-9)12-7(18)4-17-6(3)8(10(19)20)13-16-17/h5H,4H2,1-3H3,(H,19,20)(H,12,15,18). The summed E-state index contributed by atoms with van der Waals surface area (Å²) in [5.74, 6) is -1.20. The van der Waals surface area contributed by atoms with E-state index in [1.54, 1.807) is 0 Å². The zero-order valence-corrected chi connectivity index (χ0v) is 11.7. The van der Waals surface area contributed by atoms with Crippen LogP contribution in [0.1, 0.15) is 41.8 Å². The van der Waals surface area contributed by atoms with Crippen LogP contribution in [0.5, 0.6) is 0 Å². The Kier molecular flexibility index (Phi) is 3.96. The number of carbonyl (C=O) groups excluding carboxylic acids is 1. The Morgan fingerprint density at radius 1 is 1.33 bits per heavy atom. The van der Waals surface area contributed by atoms with Crippen LogP contribution >= 0.6 is 0 Å². The molecule has 0 bridgehead atoms. The second kappa shape index (κ2) is 5.69. The van der Waals surface area contributed by atoms with E-state index in [-0.39, 0.29) is 29.9 Å². The summed E-state index contributed by atoms with van der Waals surface area (Å²) < 4.78 is 6.41. The molecule has 21 heavy (non-hydrogen) atoms. The molecule has 2 aromatic rings. The Hall–Kier alpha value is -2.78. The average Bonchev–Trinajstić information content (AvgIpc) is 2.98. The molecule has 2 heterocycles. The number of aromatic nitrogens is 5. The van der Waals surface area contributed by atoms with E-state index < -0.39 is 11.9 Å². The van der Waals surface area contributed by atoms with Crippen LogP contribution in [-0.2, 0) is 11.3 Å². The molecular weight excluding hydrogens is 280 g/mol. The van der Waals surface area contributed by atoms with Crippen LogP contribution in [0.15, 0.2) is 4.42 Å². The summed E-state index contributed by atoms with van der Waals surface area (Å²) in [4.78, 5) is 22.6. The summed E-state index contributed by atoms with van der Waals surface area (Å²) in [5.41, 5.74) is 0.0914. The molecule has 0 aliphatic heterocycles. The lowest BCUT2D eigenvalue weighted by Gasteiger charge is -2.02. The van der Waals surface area contributed by atoms with Crippen LogP contribution in [0.2, 0.25) is 0 Å². The van der Waals surface area contributed by atoms with Gasteiger partial charge >= 0.3 is 12.0 Å². The highest BCUT2D eigenvalue weighted by Gasteiger charge is 2.18. The average molecular weight is 294 g/mol. The van der Waals surface area contributed by atoms with Crippen LogP contribution in [-0.4, -0.2) is 42.2 Å². The molecule has 2 N–H and O–H groups in total. The van der Waals surface area contributed by atoms with Crippen molar-refractivity contribution in [1.29, 1.82) is 0 Å². The number of nitrogens with one attached hydrogen (secondary N) is 1. The first-order valence-electron chi connectivity index (χ1n) is 6.15. The van der Waals surface area contributed by atoms with Crippen molar-refractivity contribution in [3.05, 3.63) is 17.3 Å². The van der Waals surface area contributed by atoms with Gasteiger partial charge in [0.1, 0.15) is 6.54 Å². The number of carboxylic acids is 1. The molecule has 0 unspecified atom stereocenters. The minimum atomic E-state index is -1.20. The van der Waals surface area contributed by atoms with Crippen molar-refractivity contribution in [2.24, 2.45) is 0 Å². The predicted molar refractivity (Wildman–Crippen MR) is 68.7 cm³/mol. The van der Waals surface area contributed by atoms with Crippen molar-refractivity contribution in [3.8, 4) is 0 Å². The molecule has 0 aromatic carbocycles. The zero-order valence-electron chi connectivity index (χ0n) is 11.7. The fraction of sp³-hybridized carbons (Fsp3) is 0.455. The van der Waals surface area contributed by atoms with Gasteiger partial charge in [-0.15, -0.1) is 10.2 Å². The van der Waals surface area contributed by atoms with Crippen LogP contribution in [0, 0.1) is 6.92 Å². The second-order valence-electron chi connectivity index (χ2n) is 4.63. The second-order valence-corrected chi connectivity index (χ2v) is 4.63. The van der Waals surface area contributed by atoms with Crippen molar-refractivity contribution in [1.82, 2.24) is 25.2 Å². The SMILES string of the molecule is Cc1c(C(=O)O)nnn1CC(=O)Nc1nnc(C(C)C)o1. The van der Waals surface area contributed by atoms with E-state index >= 15 is 0 Å². The number of aromatic carboxylic acids is 1. The molecule has 0 saturated heterocycles. The quantitative estimate of drug-likeness (QED) is 0.810. The van der Waals surface area contributed by atoms with E-state index in [0.29, 0.717) is 5.89 Å². The van der Waals surface area contributed by atoms with E-state index in [1.165, 1.54) is 11.6 Å². The third kappa shape index (κ3) is 3.22. The minimum absolute atomic E-state index is 0.0140. The van der Waals surface area contributed by atoms with E-state index in [4.69, 9.17) is 9.52 Å². The third-order valence-electron chi connectivity index (χ3n) is 2.66. The van der Waals surface area contributed by atoms with Crippen molar-refractivity contribution in [3.63, 3.8) is 0 Å². The topological polar surface area (TPSA) is 136 Å². The van der Waals surface area contributed by atoms with Crippen LogP contribution < -0.4 is 5.32 Å². The molecule has 2 rings (SSSR count). The molecule has 0 radical (unpaired) electrons. The van der Waals surface area contributed by atoms with Crippen molar-refractivity contribution >= 4 is 17.9 Å². The molecule has 112 valence electrons. The molecule has 0 spiro atoms. The van der Waals surface area contributed by atoms with Crippen molar-refractivity contribution in [2.45, 2.75) is 33.2 Å². The van der Waals surface area contributed by atoms with Gasteiger partial charge in [0.15, 0.2) is 5.69 Å². The van der Waals surface area contributed by atoms with Crippen molar-refractivity contribution in [2.75, 3.05) is 5.32 Å². The third-order valence-corrected chi connectivity index (χ3v) is 2.66. The van der Waals surface area contributed by atoms with Gasteiger partial charge < -0.3 is 9.52 Å².